The summed E-state index contributed by atoms with van der Waals surface area (Å²) in [7, 11) is 1.19. The monoisotopic (exact) mass is 407 g/mol. The lowest BCUT2D eigenvalue weighted by Crippen LogP contribution is -2.37. The second-order valence-corrected chi connectivity index (χ2v) is 6.67. The highest BCUT2D eigenvalue weighted by molar-refractivity contribution is 6.37. The number of hydrogen-bond donors (Lipinski definition) is 3. The van der Waals surface area contributed by atoms with Crippen molar-refractivity contribution in [2.45, 2.75) is 12.0 Å². The molecule has 0 saturated heterocycles. The Hall–Kier alpha value is -2.61. The summed E-state index contributed by atoms with van der Waals surface area (Å²) in [6.45, 7) is 0. The molecule has 1 atom stereocenters. The van der Waals surface area contributed by atoms with Crippen LogP contribution in [-0.4, -0.2) is 29.9 Å². The van der Waals surface area contributed by atoms with E-state index < -0.39 is 17.6 Å². The smallest absolute Gasteiger partial charge is 0.427 e. The van der Waals surface area contributed by atoms with Crippen molar-refractivity contribution in [1.29, 1.82) is 0 Å². The van der Waals surface area contributed by atoms with Crippen molar-refractivity contribution < 1.29 is 19.4 Å². The van der Waals surface area contributed by atoms with Crippen LogP contribution in [0.1, 0.15) is 17.5 Å². The van der Waals surface area contributed by atoms with Gasteiger partial charge in [0.2, 0.25) is 0 Å². The summed E-state index contributed by atoms with van der Waals surface area (Å²) >= 11 is 12.2. The lowest BCUT2D eigenvalue weighted by molar-refractivity contribution is -0.132. The van der Waals surface area contributed by atoms with Crippen molar-refractivity contribution in [3.63, 3.8) is 0 Å². The molecule has 0 aromatic heterocycles. The summed E-state index contributed by atoms with van der Waals surface area (Å²) in [5.74, 6) is -0.598. The van der Waals surface area contributed by atoms with Gasteiger partial charge in [-0.15, -0.1) is 0 Å². The normalized spacial score (nSPS) is 18.7. The van der Waals surface area contributed by atoms with Crippen molar-refractivity contribution in [1.82, 2.24) is 5.43 Å². The van der Waals surface area contributed by atoms with Gasteiger partial charge in [0, 0.05) is 28.3 Å². The van der Waals surface area contributed by atoms with E-state index in [0.29, 0.717) is 21.8 Å². The molecule has 1 heterocycles. The Balaban J connectivity index is 2.04. The van der Waals surface area contributed by atoms with Crippen LogP contribution in [0.25, 0.3) is 0 Å². The molecule has 2 amide bonds. The van der Waals surface area contributed by atoms with Crippen molar-refractivity contribution in [2.24, 2.45) is 5.10 Å². The third-order valence-electron chi connectivity index (χ3n) is 4.13. The van der Waals surface area contributed by atoms with Gasteiger partial charge < -0.3 is 15.2 Å². The molecule has 3 N–H and O–H groups in total. The SMILES string of the molecule is COC(=O)N/N=C(/C[C@@]1(O)C(=O)Nc2ccccc21)c1ccc(Cl)cc1Cl. The highest BCUT2D eigenvalue weighted by Gasteiger charge is 2.46. The van der Waals surface area contributed by atoms with Crippen molar-refractivity contribution >= 4 is 46.6 Å². The summed E-state index contributed by atoms with van der Waals surface area (Å²) in [6.07, 6.45) is -1.04. The van der Waals surface area contributed by atoms with Gasteiger partial charge in [-0.2, -0.15) is 5.10 Å². The summed E-state index contributed by atoms with van der Waals surface area (Å²) in [6, 6.07) is 11.5. The number of hydrogen-bond acceptors (Lipinski definition) is 5. The Morgan fingerprint density at radius 2 is 2.04 bits per heavy atom. The number of carbonyl (C=O) groups is 2. The minimum atomic E-state index is -1.88. The predicted molar refractivity (Wildman–Crippen MR) is 102 cm³/mol. The highest BCUT2D eigenvalue weighted by atomic mass is 35.5. The Morgan fingerprint density at radius 1 is 1.30 bits per heavy atom. The molecule has 0 bridgehead atoms. The molecule has 0 unspecified atom stereocenters. The number of nitrogens with zero attached hydrogens (tertiary/aromatic N) is 1. The third-order valence-corrected chi connectivity index (χ3v) is 4.68. The van der Waals surface area contributed by atoms with E-state index in [2.05, 4.69) is 20.6 Å². The van der Waals surface area contributed by atoms with E-state index in [-0.39, 0.29) is 17.2 Å². The number of anilines is 1. The summed E-state index contributed by atoms with van der Waals surface area (Å²) in [4.78, 5) is 23.9. The van der Waals surface area contributed by atoms with Crippen LogP contribution >= 0.6 is 23.2 Å². The van der Waals surface area contributed by atoms with Crippen LogP contribution in [0.2, 0.25) is 10.0 Å². The third kappa shape index (κ3) is 3.75. The highest BCUT2D eigenvalue weighted by Crippen LogP contribution is 2.39. The first-order valence-corrected chi connectivity index (χ1v) is 8.60. The molecule has 7 nitrogen and oxygen atoms in total. The molecule has 0 saturated carbocycles. The van der Waals surface area contributed by atoms with E-state index >= 15 is 0 Å². The maximum Gasteiger partial charge on any atom is 0.427 e. The number of nitrogens with one attached hydrogen (secondary N) is 2. The lowest BCUT2D eigenvalue weighted by atomic mass is 9.87. The van der Waals surface area contributed by atoms with E-state index in [9.17, 15) is 14.7 Å². The number of fused-ring (bicyclic) bond motifs is 1. The molecule has 27 heavy (non-hydrogen) atoms. The molecule has 2 aromatic carbocycles. The average molecular weight is 408 g/mol. The lowest BCUT2D eigenvalue weighted by Gasteiger charge is -2.22. The van der Waals surface area contributed by atoms with Crippen LogP contribution in [0, 0.1) is 0 Å². The van der Waals surface area contributed by atoms with Gasteiger partial charge in [0.15, 0.2) is 5.60 Å². The second-order valence-electron chi connectivity index (χ2n) is 5.82. The summed E-state index contributed by atoms with van der Waals surface area (Å²) < 4.78 is 4.51. The minimum Gasteiger partial charge on any atom is -0.452 e. The van der Waals surface area contributed by atoms with E-state index in [1.54, 1.807) is 36.4 Å². The minimum absolute atomic E-state index is 0.177. The first kappa shape index (κ1) is 19.2. The van der Waals surface area contributed by atoms with Gasteiger partial charge in [0.25, 0.3) is 5.91 Å². The zero-order chi connectivity index (χ0) is 19.6. The van der Waals surface area contributed by atoms with Crippen LogP contribution in [0.15, 0.2) is 47.6 Å². The maximum atomic E-state index is 12.5. The molecular weight excluding hydrogens is 393 g/mol. The molecule has 140 valence electrons. The molecule has 0 spiro atoms. The number of para-hydroxylation sites is 1. The molecule has 9 heteroatoms. The molecule has 0 fully saturated rings. The van der Waals surface area contributed by atoms with E-state index in [4.69, 9.17) is 23.2 Å². The topological polar surface area (TPSA) is 100 Å². The molecule has 0 aliphatic carbocycles. The van der Waals surface area contributed by atoms with E-state index in [0.717, 1.165) is 0 Å². The van der Waals surface area contributed by atoms with Crippen molar-refractivity contribution in [3.8, 4) is 0 Å². The Morgan fingerprint density at radius 3 is 2.74 bits per heavy atom. The molecule has 1 aliphatic heterocycles. The predicted octanol–water partition coefficient (Wildman–Crippen LogP) is 3.28. The van der Waals surface area contributed by atoms with Crippen molar-refractivity contribution in [3.05, 3.63) is 63.6 Å². The van der Waals surface area contributed by atoms with Gasteiger partial charge >= 0.3 is 6.09 Å². The quantitative estimate of drug-likeness (QED) is 0.534. The van der Waals surface area contributed by atoms with Crippen LogP contribution in [-0.2, 0) is 15.1 Å². The molecule has 0 radical (unpaired) electrons. The zero-order valence-electron chi connectivity index (χ0n) is 14.1. The fraction of sp³-hybridized carbons (Fsp3) is 0.167. The van der Waals surface area contributed by atoms with Crippen LogP contribution in [0.4, 0.5) is 10.5 Å². The van der Waals surface area contributed by atoms with E-state index in [1.165, 1.54) is 13.2 Å². The Labute approximate surface area is 164 Å². The fourth-order valence-electron chi connectivity index (χ4n) is 2.80. The number of ether oxygens (including phenoxy) is 1. The largest absolute Gasteiger partial charge is 0.452 e. The average Bonchev–Trinajstić information content (AvgIpc) is 2.89. The first-order chi connectivity index (χ1) is 12.8. The fourth-order valence-corrected chi connectivity index (χ4v) is 3.31. The van der Waals surface area contributed by atoms with Crippen LogP contribution < -0.4 is 10.7 Å². The maximum absolute atomic E-state index is 12.5. The number of hydrazone groups is 1. The van der Waals surface area contributed by atoms with Crippen molar-refractivity contribution in [2.75, 3.05) is 12.4 Å². The standard InChI is InChI=1S/C18H15Cl2N3O4/c1-27-17(25)23-22-15(11-7-6-10(19)8-13(11)20)9-18(26)12-4-2-3-5-14(12)21-16(18)24/h2-8,26H,9H2,1H3,(H,21,24)(H,23,25)/b22-15-/t18-/m0/s1. The number of carbonyl (C=O) groups excluding carboxylic acids is 2. The Kier molecular flexibility index (Phi) is 5.36. The van der Waals surface area contributed by atoms with Gasteiger partial charge in [0.1, 0.15) is 0 Å². The van der Waals surface area contributed by atoms with Crippen LogP contribution in [0.5, 0.6) is 0 Å². The van der Waals surface area contributed by atoms with Gasteiger partial charge in [-0.05, 0) is 18.2 Å². The molecular formula is C18H15Cl2N3O4. The second kappa shape index (κ2) is 7.56. The van der Waals surface area contributed by atoms with E-state index in [1.807, 2.05) is 0 Å². The molecule has 2 aromatic rings. The number of benzene rings is 2. The molecule has 3 rings (SSSR count). The van der Waals surface area contributed by atoms with Gasteiger partial charge in [0.05, 0.1) is 17.8 Å². The first-order valence-electron chi connectivity index (χ1n) is 7.84. The summed E-state index contributed by atoms with van der Waals surface area (Å²) in [5.41, 5.74) is 1.81. The van der Waals surface area contributed by atoms with Gasteiger partial charge in [-0.25, -0.2) is 10.2 Å². The number of amides is 2. The number of aliphatic hydroxyl groups is 1. The number of rotatable bonds is 4. The number of halogens is 2. The Bertz CT molecular complexity index is 948. The molecule has 1 aliphatic rings. The van der Waals surface area contributed by atoms with Gasteiger partial charge in [-0.1, -0.05) is 47.5 Å². The summed E-state index contributed by atoms with van der Waals surface area (Å²) in [5, 5.41) is 18.4. The zero-order valence-corrected chi connectivity index (χ0v) is 15.6. The number of methoxy groups -OCH3 is 1. The van der Waals surface area contributed by atoms with Crippen LogP contribution in [0.3, 0.4) is 0 Å². The van der Waals surface area contributed by atoms with Gasteiger partial charge in [-0.3, -0.25) is 4.79 Å².